The molecule has 2 aliphatic rings. The number of hydrogen-bond acceptors (Lipinski definition) is 6. The Balaban J connectivity index is 0.00000133. The molecule has 92 valence electrons. The van der Waals surface area contributed by atoms with Crippen molar-refractivity contribution in [1.29, 1.82) is 0 Å². The van der Waals surface area contributed by atoms with Gasteiger partial charge in [-0.2, -0.15) is 0 Å². The van der Waals surface area contributed by atoms with Gasteiger partial charge in [0.15, 0.2) is 0 Å². The quantitative estimate of drug-likeness (QED) is 0.307. The number of amides is 1. The zero-order valence-corrected chi connectivity index (χ0v) is 11.0. The molecule has 9 heteroatoms. The SMILES string of the molecule is Cn1cc(/C=C2/C(=O)N3C(C(=O)[O-])=CS[C@H]23)nn1.[Li+]. The third kappa shape index (κ3) is 2.12. The van der Waals surface area contributed by atoms with Crippen molar-refractivity contribution < 1.29 is 33.6 Å². The van der Waals surface area contributed by atoms with Crippen LogP contribution in [0.3, 0.4) is 0 Å². The fourth-order valence-corrected chi connectivity index (χ4v) is 2.96. The van der Waals surface area contributed by atoms with Gasteiger partial charge >= 0.3 is 18.9 Å². The van der Waals surface area contributed by atoms with Crippen LogP contribution in [0.5, 0.6) is 0 Å². The van der Waals surface area contributed by atoms with Gasteiger partial charge in [-0.15, -0.1) is 16.9 Å². The number of aliphatic carboxylic acids is 1. The van der Waals surface area contributed by atoms with E-state index >= 15 is 0 Å². The number of thioether (sulfide) groups is 1. The number of hydrogen-bond donors (Lipinski definition) is 0. The number of β-lactam (4-membered cyclic amide) rings is 1. The summed E-state index contributed by atoms with van der Waals surface area (Å²) in [5.74, 6) is -1.66. The van der Waals surface area contributed by atoms with Crippen LogP contribution in [0.1, 0.15) is 5.69 Å². The van der Waals surface area contributed by atoms with Crippen LogP contribution in [0.25, 0.3) is 6.08 Å². The van der Waals surface area contributed by atoms with Gasteiger partial charge in [-0.05, 0) is 11.5 Å². The molecule has 1 aromatic rings. The maximum Gasteiger partial charge on any atom is 1.00 e. The Morgan fingerprint density at radius 2 is 2.32 bits per heavy atom. The first-order chi connectivity index (χ1) is 8.58. The molecular formula is C10H7LiN4O3S. The van der Waals surface area contributed by atoms with Crippen LogP contribution in [0.15, 0.2) is 22.9 Å². The molecule has 0 aromatic carbocycles. The summed E-state index contributed by atoms with van der Waals surface area (Å²) in [6, 6.07) is 0. The van der Waals surface area contributed by atoms with E-state index in [1.54, 1.807) is 19.3 Å². The molecule has 19 heavy (non-hydrogen) atoms. The molecule has 0 N–H and O–H groups in total. The van der Waals surface area contributed by atoms with Crippen LogP contribution in [-0.2, 0) is 16.6 Å². The van der Waals surface area contributed by atoms with Gasteiger partial charge in [-0.25, -0.2) is 0 Å². The predicted octanol–water partition coefficient (Wildman–Crippen LogP) is -4.29. The minimum Gasteiger partial charge on any atom is -0.543 e. The van der Waals surface area contributed by atoms with Crippen LogP contribution in [0.4, 0.5) is 0 Å². The van der Waals surface area contributed by atoms with Gasteiger partial charge in [0.1, 0.15) is 11.1 Å². The molecule has 0 radical (unpaired) electrons. The maximum absolute atomic E-state index is 11.8. The molecule has 1 fully saturated rings. The molecular weight excluding hydrogens is 263 g/mol. The van der Waals surface area contributed by atoms with E-state index in [1.165, 1.54) is 26.8 Å². The summed E-state index contributed by atoms with van der Waals surface area (Å²) in [5.41, 5.74) is 1.02. The first-order valence-electron chi connectivity index (χ1n) is 5.06. The number of fused-ring (bicyclic) bond motifs is 1. The molecule has 0 aliphatic carbocycles. The summed E-state index contributed by atoms with van der Waals surface area (Å²) in [5, 5.41) is 19.5. The molecule has 1 amide bonds. The number of carbonyl (C=O) groups excluding carboxylic acids is 2. The molecule has 1 atom stereocenters. The van der Waals surface area contributed by atoms with E-state index in [9.17, 15) is 14.7 Å². The molecule has 0 bridgehead atoms. The van der Waals surface area contributed by atoms with Crippen molar-refractivity contribution in [2.75, 3.05) is 0 Å². The number of carboxylic acid groups (broad SMARTS) is 1. The molecule has 1 saturated heterocycles. The van der Waals surface area contributed by atoms with E-state index in [0.29, 0.717) is 11.3 Å². The van der Waals surface area contributed by atoms with Crippen LogP contribution in [0, 0.1) is 0 Å². The van der Waals surface area contributed by atoms with Crippen molar-refractivity contribution >= 4 is 29.7 Å². The second-order valence-corrected chi connectivity index (χ2v) is 4.83. The van der Waals surface area contributed by atoms with Gasteiger partial charge in [-0.3, -0.25) is 14.4 Å². The summed E-state index contributed by atoms with van der Waals surface area (Å²) < 4.78 is 1.53. The smallest absolute Gasteiger partial charge is 0.543 e. The van der Waals surface area contributed by atoms with E-state index in [0.717, 1.165) is 0 Å². The van der Waals surface area contributed by atoms with Gasteiger partial charge in [0.25, 0.3) is 5.91 Å². The van der Waals surface area contributed by atoms with Crippen LogP contribution >= 0.6 is 11.8 Å². The second-order valence-electron chi connectivity index (χ2n) is 3.87. The Morgan fingerprint density at radius 3 is 2.89 bits per heavy atom. The van der Waals surface area contributed by atoms with Crippen LogP contribution in [-0.4, -0.2) is 37.1 Å². The standard InChI is InChI=1S/C10H8N4O3S.Li/c1-13-3-5(11-12-13)2-6-8(15)14-7(10(16)17)4-18-9(6)14;/h2-4,9H,1H3,(H,16,17);/q;+1/p-1/b6-2-;/t9-;/m1./s1. The monoisotopic (exact) mass is 270 g/mol. The number of nitrogens with zero attached hydrogens (tertiary/aromatic N) is 4. The minimum absolute atomic E-state index is 0. The number of carbonyl (C=O) groups is 2. The number of aryl methyl sites for hydroxylation is 1. The Kier molecular flexibility index (Phi) is 3.58. The molecule has 0 saturated carbocycles. The Labute approximate surface area is 124 Å². The average molecular weight is 270 g/mol. The van der Waals surface area contributed by atoms with Crippen molar-refractivity contribution in [2.24, 2.45) is 7.05 Å². The van der Waals surface area contributed by atoms with Crippen molar-refractivity contribution in [1.82, 2.24) is 19.9 Å². The zero-order chi connectivity index (χ0) is 12.9. The largest absolute Gasteiger partial charge is 1.00 e. The number of rotatable bonds is 2. The van der Waals surface area contributed by atoms with Gasteiger partial charge in [0, 0.05) is 7.05 Å². The van der Waals surface area contributed by atoms with E-state index < -0.39 is 5.97 Å². The molecule has 3 heterocycles. The van der Waals surface area contributed by atoms with Crippen molar-refractivity contribution in [3.05, 3.63) is 28.6 Å². The fourth-order valence-electron chi connectivity index (χ4n) is 1.85. The van der Waals surface area contributed by atoms with Crippen molar-refractivity contribution in [3.63, 3.8) is 0 Å². The predicted molar refractivity (Wildman–Crippen MR) is 60.3 cm³/mol. The Bertz CT molecular complexity index is 624. The van der Waals surface area contributed by atoms with Crippen molar-refractivity contribution in [2.45, 2.75) is 5.37 Å². The summed E-state index contributed by atoms with van der Waals surface area (Å²) in [6.45, 7) is 0. The topological polar surface area (TPSA) is 91.2 Å². The van der Waals surface area contributed by atoms with Gasteiger partial charge in [0.05, 0.1) is 23.4 Å². The first kappa shape index (κ1) is 13.9. The third-order valence-corrected chi connectivity index (χ3v) is 3.75. The fraction of sp³-hybridized carbons (Fsp3) is 0.200. The average Bonchev–Trinajstić information content (AvgIpc) is 2.89. The summed E-state index contributed by atoms with van der Waals surface area (Å²) in [4.78, 5) is 23.8. The summed E-state index contributed by atoms with van der Waals surface area (Å²) in [6.07, 6.45) is 3.30. The molecule has 7 nitrogen and oxygen atoms in total. The first-order valence-corrected chi connectivity index (χ1v) is 6.00. The van der Waals surface area contributed by atoms with Crippen molar-refractivity contribution in [3.8, 4) is 0 Å². The second kappa shape index (κ2) is 4.88. The van der Waals surface area contributed by atoms with Gasteiger partial charge in [0.2, 0.25) is 0 Å². The molecule has 0 unspecified atom stereocenters. The normalized spacial score (nSPS) is 22.7. The third-order valence-electron chi connectivity index (χ3n) is 2.67. The Morgan fingerprint density at radius 1 is 1.58 bits per heavy atom. The molecule has 3 rings (SSSR count). The number of aromatic nitrogens is 3. The van der Waals surface area contributed by atoms with E-state index in [1.807, 2.05) is 0 Å². The Hall–Kier alpha value is -1.49. The zero-order valence-electron chi connectivity index (χ0n) is 10.2. The van der Waals surface area contributed by atoms with E-state index in [2.05, 4.69) is 10.3 Å². The minimum atomic E-state index is -1.34. The molecule has 0 spiro atoms. The maximum atomic E-state index is 11.8. The molecule has 1 aromatic heterocycles. The number of carboxylic acids is 1. The molecule has 2 aliphatic heterocycles. The summed E-state index contributed by atoms with van der Waals surface area (Å²) in [7, 11) is 1.73. The van der Waals surface area contributed by atoms with E-state index in [4.69, 9.17) is 0 Å². The van der Waals surface area contributed by atoms with Gasteiger partial charge < -0.3 is 9.90 Å². The van der Waals surface area contributed by atoms with Gasteiger partial charge in [-0.1, -0.05) is 5.21 Å². The van der Waals surface area contributed by atoms with Crippen LogP contribution < -0.4 is 24.0 Å². The summed E-state index contributed by atoms with van der Waals surface area (Å²) >= 11 is 1.27. The van der Waals surface area contributed by atoms with Crippen LogP contribution in [0.2, 0.25) is 0 Å². The van der Waals surface area contributed by atoms with E-state index in [-0.39, 0.29) is 35.8 Å².